The van der Waals surface area contributed by atoms with Crippen LogP contribution in [0.4, 0.5) is 0 Å². The van der Waals surface area contributed by atoms with Gasteiger partial charge >= 0.3 is 0 Å². The van der Waals surface area contributed by atoms with Crippen LogP contribution >= 0.6 is 0 Å². The monoisotopic (exact) mass is 238 g/mol. The summed E-state index contributed by atoms with van der Waals surface area (Å²) in [5.41, 5.74) is 0. The van der Waals surface area contributed by atoms with Crippen LogP contribution in [-0.2, 0) is 14.8 Å². The first kappa shape index (κ1) is 14.3. The van der Waals surface area contributed by atoms with Crippen molar-refractivity contribution in [3.8, 4) is 0 Å². The number of hydrogen-bond donors (Lipinski definition) is 2. The molecule has 0 aromatic rings. The Bertz CT molecular complexity index is 285. The van der Waals surface area contributed by atoms with Crippen LogP contribution in [0.1, 0.15) is 13.8 Å². The molecule has 7 heteroatoms. The van der Waals surface area contributed by atoms with Gasteiger partial charge in [-0.1, -0.05) is 0 Å². The molecule has 0 aliphatic rings. The molecule has 0 radical (unpaired) electrons. The molecule has 0 heterocycles. The van der Waals surface area contributed by atoms with E-state index in [2.05, 4.69) is 4.72 Å². The van der Waals surface area contributed by atoms with E-state index in [-0.39, 0.29) is 6.54 Å². The summed E-state index contributed by atoms with van der Waals surface area (Å²) in [6.07, 6.45) is 0. The van der Waals surface area contributed by atoms with Crippen LogP contribution in [0.5, 0.6) is 0 Å². The minimum absolute atomic E-state index is 0.257. The SMILES string of the molecule is CC[NH+](CC)CCNS(=O)(=O)CC(=O)[O-]. The fourth-order valence-electron chi connectivity index (χ4n) is 1.19. The highest BCUT2D eigenvalue weighted by atomic mass is 32.2. The van der Waals surface area contributed by atoms with Gasteiger partial charge in [0.25, 0.3) is 0 Å². The van der Waals surface area contributed by atoms with E-state index in [1.165, 1.54) is 4.90 Å². The fourth-order valence-corrected chi connectivity index (χ4v) is 2.02. The van der Waals surface area contributed by atoms with Gasteiger partial charge in [-0.2, -0.15) is 0 Å². The number of nitrogens with one attached hydrogen (secondary N) is 2. The van der Waals surface area contributed by atoms with E-state index in [1.54, 1.807) is 0 Å². The van der Waals surface area contributed by atoms with Gasteiger partial charge in [-0.3, -0.25) is 0 Å². The van der Waals surface area contributed by atoms with Crippen LogP contribution in [0.25, 0.3) is 0 Å². The van der Waals surface area contributed by atoms with Crippen LogP contribution < -0.4 is 14.7 Å². The predicted octanol–water partition coefficient (Wildman–Crippen LogP) is -3.42. The van der Waals surface area contributed by atoms with E-state index in [1.807, 2.05) is 13.8 Å². The molecule has 90 valence electrons. The number of carboxylic acids is 1. The lowest BCUT2D eigenvalue weighted by Crippen LogP contribution is -3.12. The highest BCUT2D eigenvalue weighted by Gasteiger charge is 2.11. The Balaban J connectivity index is 3.89. The third-order valence-electron chi connectivity index (χ3n) is 2.11. The second-order valence-electron chi connectivity index (χ2n) is 3.23. The molecule has 0 spiro atoms. The van der Waals surface area contributed by atoms with Gasteiger partial charge in [0.1, 0.15) is 5.75 Å². The number of quaternary nitrogens is 1. The smallest absolute Gasteiger partial charge is 0.217 e. The molecule has 2 N–H and O–H groups in total. The largest absolute Gasteiger partial charge is 0.549 e. The number of sulfonamides is 1. The zero-order chi connectivity index (χ0) is 11.9. The number of carboxylic acid groups (broad SMARTS) is 1. The first-order chi connectivity index (χ1) is 6.91. The van der Waals surface area contributed by atoms with Crippen molar-refractivity contribution in [2.75, 3.05) is 31.9 Å². The number of rotatable bonds is 8. The maximum absolute atomic E-state index is 11.1. The molecule has 0 bridgehead atoms. The van der Waals surface area contributed by atoms with Crippen LogP contribution in [0.15, 0.2) is 0 Å². The fraction of sp³-hybridized carbons (Fsp3) is 0.875. The van der Waals surface area contributed by atoms with Crippen LogP contribution in [0.3, 0.4) is 0 Å². The Kier molecular flexibility index (Phi) is 6.46. The van der Waals surface area contributed by atoms with Crippen molar-refractivity contribution >= 4 is 16.0 Å². The van der Waals surface area contributed by atoms with Gasteiger partial charge in [-0.15, -0.1) is 0 Å². The maximum atomic E-state index is 11.1. The minimum atomic E-state index is -3.72. The normalized spacial score (nSPS) is 11.9. The summed E-state index contributed by atoms with van der Waals surface area (Å²) < 4.78 is 24.3. The average molecular weight is 238 g/mol. The molecule has 0 aromatic heterocycles. The summed E-state index contributed by atoms with van der Waals surface area (Å²) in [6, 6.07) is 0. The molecule has 0 atom stereocenters. The molecule has 0 fully saturated rings. The van der Waals surface area contributed by atoms with Crippen molar-refractivity contribution in [1.82, 2.24) is 4.72 Å². The summed E-state index contributed by atoms with van der Waals surface area (Å²) in [6.45, 7) is 6.76. The highest BCUT2D eigenvalue weighted by molar-refractivity contribution is 7.90. The third-order valence-corrected chi connectivity index (χ3v) is 3.37. The van der Waals surface area contributed by atoms with Crippen LogP contribution in [-0.4, -0.2) is 46.3 Å². The topological polar surface area (TPSA) is 90.7 Å². The number of hydrogen-bond acceptors (Lipinski definition) is 4. The number of aliphatic carboxylic acids is 1. The molecule has 0 aliphatic heterocycles. The Morgan fingerprint density at radius 2 is 1.87 bits per heavy atom. The van der Waals surface area contributed by atoms with E-state index in [4.69, 9.17) is 0 Å². The summed E-state index contributed by atoms with van der Waals surface area (Å²) in [5.74, 6) is -2.56. The van der Waals surface area contributed by atoms with Gasteiger partial charge in [-0.05, 0) is 13.8 Å². The van der Waals surface area contributed by atoms with Crippen molar-refractivity contribution in [3.63, 3.8) is 0 Å². The van der Waals surface area contributed by atoms with E-state index >= 15 is 0 Å². The van der Waals surface area contributed by atoms with Gasteiger partial charge in [0.15, 0.2) is 0 Å². The summed E-state index contributed by atoms with van der Waals surface area (Å²) >= 11 is 0. The molecule has 0 saturated heterocycles. The van der Waals surface area contributed by atoms with Crippen molar-refractivity contribution in [2.45, 2.75) is 13.8 Å². The Hall–Kier alpha value is -0.660. The van der Waals surface area contributed by atoms with Gasteiger partial charge in [0.2, 0.25) is 10.0 Å². The van der Waals surface area contributed by atoms with Crippen molar-refractivity contribution in [2.24, 2.45) is 0 Å². The lowest BCUT2D eigenvalue weighted by molar-refractivity contribution is -0.895. The Morgan fingerprint density at radius 1 is 1.33 bits per heavy atom. The van der Waals surface area contributed by atoms with E-state index in [9.17, 15) is 18.3 Å². The average Bonchev–Trinajstić information content (AvgIpc) is 2.10. The van der Waals surface area contributed by atoms with E-state index < -0.39 is 21.7 Å². The number of carbonyl (C=O) groups is 1. The molecule has 0 aromatic carbocycles. The second kappa shape index (κ2) is 6.76. The molecule has 0 aliphatic carbocycles. The van der Waals surface area contributed by atoms with Gasteiger partial charge in [-0.25, -0.2) is 13.1 Å². The summed E-state index contributed by atoms with van der Waals surface area (Å²) in [4.78, 5) is 11.3. The molecule has 15 heavy (non-hydrogen) atoms. The molecular formula is C8H18N2O4S. The van der Waals surface area contributed by atoms with Crippen molar-refractivity contribution in [1.29, 1.82) is 0 Å². The first-order valence-corrected chi connectivity index (χ1v) is 6.57. The maximum Gasteiger partial charge on any atom is 0.217 e. The quantitative estimate of drug-likeness (QED) is 0.461. The molecule has 0 amide bonds. The zero-order valence-electron chi connectivity index (χ0n) is 9.08. The number of likely N-dealkylation sites (N-methyl/N-ethyl adjacent to an activating group) is 1. The van der Waals surface area contributed by atoms with Gasteiger partial charge in [0, 0.05) is 0 Å². The highest BCUT2D eigenvalue weighted by Crippen LogP contribution is 1.80. The summed E-state index contributed by atoms with van der Waals surface area (Å²) in [5, 5.41) is 10.1. The predicted molar refractivity (Wildman–Crippen MR) is 53.7 cm³/mol. The lowest BCUT2D eigenvalue weighted by atomic mass is 10.5. The van der Waals surface area contributed by atoms with Crippen molar-refractivity contribution in [3.05, 3.63) is 0 Å². The Labute approximate surface area is 90.3 Å². The standard InChI is InChI=1S/C8H18N2O4S/c1-3-10(4-2)6-5-9-15(13,14)7-8(11)12/h9H,3-7H2,1-2H3,(H,11,12). The lowest BCUT2D eigenvalue weighted by Gasteiger charge is -2.15. The third kappa shape index (κ3) is 7.29. The minimum Gasteiger partial charge on any atom is -0.549 e. The van der Waals surface area contributed by atoms with Crippen LogP contribution in [0.2, 0.25) is 0 Å². The van der Waals surface area contributed by atoms with Crippen molar-refractivity contribution < 1.29 is 23.2 Å². The van der Waals surface area contributed by atoms with E-state index in [0.29, 0.717) is 6.54 Å². The second-order valence-corrected chi connectivity index (χ2v) is 5.04. The molecule has 0 saturated carbocycles. The Morgan fingerprint density at radius 3 is 2.27 bits per heavy atom. The molecular weight excluding hydrogens is 220 g/mol. The summed E-state index contributed by atoms with van der Waals surface area (Å²) in [7, 11) is -3.72. The molecule has 6 nitrogen and oxygen atoms in total. The zero-order valence-corrected chi connectivity index (χ0v) is 9.89. The van der Waals surface area contributed by atoms with Gasteiger partial charge in [0.05, 0.1) is 32.1 Å². The van der Waals surface area contributed by atoms with E-state index in [0.717, 1.165) is 13.1 Å². The van der Waals surface area contributed by atoms with Gasteiger partial charge < -0.3 is 14.8 Å². The molecule has 0 rings (SSSR count). The van der Waals surface area contributed by atoms with Crippen LogP contribution in [0, 0.1) is 0 Å². The number of carbonyl (C=O) groups excluding carboxylic acids is 1. The molecule has 0 unspecified atom stereocenters. The first-order valence-electron chi connectivity index (χ1n) is 4.92.